The molecule has 2 aromatic carbocycles. The molecule has 124 valence electrons. The molecule has 0 atom stereocenters. The molecular weight excluding hydrogens is 326 g/mol. The van der Waals surface area contributed by atoms with Crippen LogP contribution in [-0.2, 0) is 10.0 Å². The molecule has 0 spiro atoms. The van der Waals surface area contributed by atoms with Gasteiger partial charge in [-0.2, -0.15) is 13.5 Å². The molecule has 0 saturated carbocycles. The van der Waals surface area contributed by atoms with Crippen LogP contribution in [0, 0.1) is 6.92 Å². The van der Waals surface area contributed by atoms with Crippen molar-refractivity contribution in [1.29, 1.82) is 0 Å². The highest BCUT2D eigenvalue weighted by Crippen LogP contribution is 2.25. The van der Waals surface area contributed by atoms with E-state index in [9.17, 15) is 8.42 Å². The van der Waals surface area contributed by atoms with E-state index < -0.39 is 10.0 Å². The van der Waals surface area contributed by atoms with Gasteiger partial charge in [0.2, 0.25) is 0 Å². The predicted molar refractivity (Wildman–Crippen MR) is 92.4 cm³/mol. The molecule has 3 aromatic rings. The second-order valence-corrected chi connectivity index (χ2v) is 7.11. The Morgan fingerprint density at radius 2 is 1.67 bits per heavy atom. The molecule has 0 saturated heterocycles. The molecule has 6 nitrogen and oxygen atoms in total. The standard InChI is InChI=1S/C17H17N3O3S/c1-12-3-5-13(6-4-12)16-11-17(18)20(19-16)24(21,22)15-9-7-14(23-2)8-10-15/h3-11H,18H2,1-2H3. The van der Waals surface area contributed by atoms with Crippen LogP contribution in [0.4, 0.5) is 5.82 Å². The Morgan fingerprint density at radius 1 is 1.04 bits per heavy atom. The third-order valence-electron chi connectivity index (χ3n) is 3.64. The summed E-state index contributed by atoms with van der Waals surface area (Å²) >= 11 is 0. The zero-order valence-electron chi connectivity index (χ0n) is 13.3. The van der Waals surface area contributed by atoms with E-state index in [1.807, 2.05) is 31.2 Å². The van der Waals surface area contributed by atoms with Crippen molar-refractivity contribution in [1.82, 2.24) is 9.19 Å². The second-order valence-electron chi connectivity index (χ2n) is 5.34. The second kappa shape index (κ2) is 6.01. The molecule has 1 aromatic heterocycles. The van der Waals surface area contributed by atoms with Gasteiger partial charge in [-0.3, -0.25) is 0 Å². The summed E-state index contributed by atoms with van der Waals surface area (Å²) < 4.78 is 31.4. The number of methoxy groups -OCH3 is 1. The smallest absolute Gasteiger partial charge is 0.284 e. The quantitative estimate of drug-likeness (QED) is 0.787. The summed E-state index contributed by atoms with van der Waals surface area (Å²) in [5, 5.41) is 4.17. The minimum Gasteiger partial charge on any atom is -0.497 e. The van der Waals surface area contributed by atoms with Crippen LogP contribution in [0.15, 0.2) is 59.5 Å². The molecular formula is C17H17N3O3S. The van der Waals surface area contributed by atoms with Crippen molar-refractivity contribution in [2.24, 2.45) is 0 Å². The molecule has 0 aliphatic rings. The summed E-state index contributed by atoms with van der Waals surface area (Å²) in [5.74, 6) is 0.629. The Hall–Kier alpha value is -2.80. The van der Waals surface area contributed by atoms with Crippen molar-refractivity contribution in [3.8, 4) is 17.0 Å². The minimum atomic E-state index is -3.86. The van der Waals surface area contributed by atoms with Gasteiger partial charge in [-0.25, -0.2) is 0 Å². The lowest BCUT2D eigenvalue weighted by Gasteiger charge is -2.07. The fourth-order valence-electron chi connectivity index (χ4n) is 2.29. The van der Waals surface area contributed by atoms with Gasteiger partial charge in [0, 0.05) is 11.6 Å². The molecule has 0 bridgehead atoms. The van der Waals surface area contributed by atoms with Crippen LogP contribution >= 0.6 is 0 Å². The van der Waals surface area contributed by atoms with Crippen LogP contribution in [0.2, 0.25) is 0 Å². The fourth-order valence-corrected chi connectivity index (χ4v) is 3.49. The van der Waals surface area contributed by atoms with Gasteiger partial charge in [-0.05, 0) is 31.2 Å². The predicted octanol–water partition coefficient (Wildman–Crippen LogP) is 2.69. The first-order valence-corrected chi connectivity index (χ1v) is 8.68. The van der Waals surface area contributed by atoms with Crippen LogP contribution in [0.5, 0.6) is 5.75 Å². The van der Waals surface area contributed by atoms with E-state index in [1.165, 1.54) is 19.2 Å². The highest BCUT2D eigenvalue weighted by Gasteiger charge is 2.22. The summed E-state index contributed by atoms with van der Waals surface area (Å²) in [6.07, 6.45) is 0. The zero-order chi connectivity index (χ0) is 17.3. The Morgan fingerprint density at radius 3 is 2.25 bits per heavy atom. The topological polar surface area (TPSA) is 87.2 Å². The number of hydrogen-bond acceptors (Lipinski definition) is 5. The largest absolute Gasteiger partial charge is 0.497 e. The summed E-state index contributed by atoms with van der Waals surface area (Å²) in [7, 11) is -2.35. The molecule has 0 radical (unpaired) electrons. The molecule has 1 heterocycles. The molecule has 0 amide bonds. The maximum Gasteiger partial charge on any atom is 0.284 e. The zero-order valence-corrected chi connectivity index (χ0v) is 14.1. The Bertz CT molecular complexity index is 959. The van der Waals surface area contributed by atoms with Gasteiger partial charge < -0.3 is 10.5 Å². The van der Waals surface area contributed by atoms with Gasteiger partial charge >= 0.3 is 0 Å². The number of hydrogen-bond donors (Lipinski definition) is 1. The molecule has 0 aliphatic carbocycles. The number of nitrogens with two attached hydrogens (primary N) is 1. The lowest BCUT2D eigenvalue weighted by molar-refractivity contribution is 0.414. The van der Waals surface area contributed by atoms with Crippen LogP contribution in [-0.4, -0.2) is 24.7 Å². The number of nitrogens with zero attached hydrogens (tertiary/aromatic N) is 2. The maximum absolute atomic E-state index is 12.7. The van der Waals surface area contributed by atoms with E-state index in [-0.39, 0.29) is 10.7 Å². The number of aromatic nitrogens is 2. The third kappa shape index (κ3) is 2.85. The highest BCUT2D eigenvalue weighted by atomic mass is 32.2. The maximum atomic E-state index is 12.7. The van der Waals surface area contributed by atoms with E-state index in [0.29, 0.717) is 11.4 Å². The van der Waals surface area contributed by atoms with Crippen LogP contribution in [0.25, 0.3) is 11.3 Å². The van der Waals surface area contributed by atoms with Crippen molar-refractivity contribution in [3.05, 3.63) is 60.2 Å². The average Bonchev–Trinajstić information content (AvgIpc) is 2.98. The van der Waals surface area contributed by atoms with Crippen LogP contribution < -0.4 is 10.5 Å². The van der Waals surface area contributed by atoms with Gasteiger partial charge in [0.05, 0.1) is 17.7 Å². The SMILES string of the molecule is COc1ccc(S(=O)(=O)n2nc(-c3ccc(C)cc3)cc2N)cc1. The Balaban J connectivity index is 2.03. The minimum absolute atomic E-state index is 0.0568. The number of rotatable bonds is 4. The van der Waals surface area contributed by atoms with Gasteiger partial charge in [0.15, 0.2) is 0 Å². The number of nitrogen functional groups attached to an aromatic ring is 1. The third-order valence-corrected chi connectivity index (χ3v) is 5.25. The first kappa shape index (κ1) is 16.1. The van der Waals surface area contributed by atoms with Gasteiger partial charge in [0.1, 0.15) is 11.6 Å². The fraction of sp³-hybridized carbons (Fsp3) is 0.118. The number of ether oxygens (including phenoxy) is 1. The van der Waals surface area contributed by atoms with Gasteiger partial charge in [0.25, 0.3) is 10.0 Å². The molecule has 0 fully saturated rings. The van der Waals surface area contributed by atoms with Crippen molar-refractivity contribution >= 4 is 15.8 Å². The molecule has 0 aliphatic heterocycles. The monoisotopic (exact) mass is 343 g/mol. The molecule has 3 rings (SSSR count). The Labute approximate surface area is 140 Å². The number of aryl methyl sites for hydroxylation is 1. The number of anilines is 1. The van der Waals surface area contributed by atoms with Crippen LogP contribution in [0.1, 0.15) is 5.56 Å². The van der Waals surface area contributed by atoms with E-state index in [4.69, 9.17) is 10.5 Å². The van der Waals surface area contributed by atoms with Crippen molar-refractivity contribution in [2.75, 3.05) is 12.8 Å². The van der Waals surface area contributed by atoms with E-state index in [0.717, 1.165) is 15.2 Å². The van der Waals surface area contributed by atoms with Crippen molar-refractivity contribution in [3.63, 3.8) is 0 Å². The first-order valence-electron chi connectivity index (χ1n) is 7.24. The number of benzene rings is 2. The lowest BCUT2D eigenvalue weighted by Crippen LogP contribution is -2.16. The average molecular weight is 343 g/mol. The first-order chi connectivity index (χ1) is 11.4. The van der Waals surface area contributed by atoms with E-state index >= 15 is 0 Å². The van der Waals surface area contributed by atoms with E-state index in [1.54, 1.807) is 18.2 Å². The molecule has 2 N–H and O–H groups in total. The normalized spacial score (nSPS) is 11.4. The molecule has 24 heavy (non-hydrogen) atoms. The van der Waals surface area contributed by atoms with Crippen molar-refractivity contribution in [2.45, 2.75) is 11.8 Å². The summed E-state index contributed by atoms with van der Waals surface area (Å²) in [6, 6.07) is 15.2. The van der Waals surface area contributed by atoms with Gasteiger partial charge in [-0.1, -0.05) is 29.8 Å². The van der Waals surface area contributed by atoms with Gasteiger partial charge in [-0.15, -0.1) is 4.09 Å². The summed E-state index contributed by atoms with van der Waals surface area (Å²) in [6.45, 7) is 1.98. The summed E-state index contributed by atoms with van der Waals surface area (Å²) in [4.78, 5) is 0.0913. The van der Waals surface area contributed by atoms with Crippen molar-refractivity contribution < 1.29 is 13.2 Å². The summed E-state index contributed by atoms with van der Waals surface area (Å²) in [5.41, 5.74) is 8.30. The lowest BCUT2D eigenvalue weighted by atomic mass is 10.1. The molecule has 7 heteroatoms. The van der Waals surface area contributed by atoms with Crippen LogP contribution in [0.3, 0.4) is 0 Å². The Kier molecular flexibility index (Phi) is 4.02. The van der Waals surface area contributed by atoms with E-state index in [2.05, 4.69) is 5.10 Å². The highest BCUT2D eigenvalue weighted by molar-refractivity contribution is 7.90. The molecule has 0 unspecified atom stereocenters.